The van der Waals surface area contributed by atoms with Crippen LogP contribution in [0.5, 0.6) is 5.75 Å². The number of ether oxygens (including phenoxy) is 1. The molecule has 0 fully saturated rings. The Morgan fingerprint density at radius 1 is 1.21 bits per heavy atom. The fourth-order valence-corrected chi connectivity index (χ4v) is 4.76. The summed E-state index contributed by atoms with van der Waals surface area (Å²) >= 11 is 0. The number of aromatic nitrogens is 4. The molecular weight excluding hydrogens is 506 g/mol. The molecule has 0 aliphatic carbocycles. The first kappa shape index (κ1) is 27.0. The van der Waals surface area contributed by atoms with Crippen LogP contribution in [0, 0.1) is 0 Å². The zero-order valence-corrected chi connectivity index (χ0v) is 22.2. The largest absolute Gasteiger partial charge is 0.496 e. The molecule has 4 aromatic rings. The van der Waals surface area contributed by atoms with Gasteiger partial charge in [-0.2, -0.15) is 0 Å². The van der Waals surface area contributed by atoms with Crippen molar-refractivity contribution in [1.82, 2.24) is 31.3 Å². The lowest BCUT2D eigenvalue weighted by Crippen LogP contribution is -2.52. The van der Waals surface area contributed by atoms with E-state index in [2.05, 4.69) is 31.3 Å². The number of para-hydroxylation sites is 1. The Morgan fingerprint density at radius 3 is 2.76 bits per heavy atom. The molecule has 0 saturated heterocycles. The molecule has 198 valence electrons. The van der Waals surface area contributed by atoms with Crippen LogP contribution in [0.25, 0.3) is 22.2 Å². The third-order valence-corrected chi connectivity index (χ3v) is 6.93. The molecule has 11 heteroatoms. The number of methoxy groups -OCH3 is 1. The number of aryl methyl sites for hydroxylation is 1. The van der Waals surface area contributed by atoms with Gasteiger partial charge in [0.2, 0.25) is 11.8 Å². The van der Waals surface area contributed by atoms with Crippen LogP contribution >= 0.6 is 12.4 Å². The summed E-state index contributed by atoms with van der Waals surface area (Å²) in [6.07, 6.45) is 1.20. The highest BCUT2D eigenvalue weighted by molar-refractivity contribution is 6.02. The molecule has 1 aliphatic rings. The maximum atomic E-state index is 13.9. The summed E-state index contributed by atoms with van der Waals surface area (Å²) in [6, 6.07) is 16.7. The number of carbonyl (C=O) groups is 2. The lowest BCUT2D eigenvalue weighted by Gasteiger charge is -2.28. The number of halogens is 1. The van der Waals surface area contributed by atoms with Crippen LogP contribution in [0.4, 0.5) is 5.69 Å². The average molecular weight is 536 g/mol. The second-order valence-corrected chi connectivity index (χ2v) is 9.10. The minimum atomic E-state index is -0.637. The summed E-state index contributed by atoms with van der Waals surface area (Å²) in [4.78, 5) is 28.4. The van der Waals surface area contributed by atoms with Gasteiger partial charge in [0.15, 0.2) is 5.82 Å². The first-order valence-electron chi connectivity index (χ1n) is 12.2. The second kappa shape index (κ2) is 11.6. The number of fused-ring (bicyclic) bond motifs is 2. The van der Waals surface area contributed by atoms with Crippen molar-refractivity contribution in [2.75, 3.05) is 19.1 Å². The highest BCUT2D eigenvalue weighted by Gasteiger charge is 2.33. The predicted octanol–water partition coefficient (Wildman–Crippen LogP) is 3.02. The first-order chi connectivity index (χ1) is 18.0. The SMILES string of the molecule is CN[C@@H](C)C(=O)N[C@H]1CCc2ccccc2N(Cc2c(OC)ccc3cc(-c4nnn[nH]4)ccc23)C1=O.Cl. The number of nitrogens with one attached hydrogen (secondary N) is 3. The Morgan fingerprint density at radius 2 is 2.03 bits per heavy atom. The molecule has 5 rings (SSSR count). The van der Waals surface area contributed by atoms with E-state index in [-0.39, 0.29) is 30.8 Å². The van der Waals surface area contributed by atoms with Crippen molar-refractivity contribution < 1.29 is 14.3 Å². The molecule has 2 heterocycles. The van der Waals surface area contributed by atoms with E-state index >= 15 is 0 Å². The normalized spacial score (nSPS) is 15.8. The number of aromatic amines is 1. The van der Waals surface area contributed by atoms with Gasteiger partial charge >= 0.3 is 0 Å². The molecule has 0 bridgehead atoms. The minimum Gasteiger partial charge on any atom is -0.496 e. The van der Waals surface area contributed by atoms with Crippen LogP contribution < -0.4 is 20.3 Å². The summed E-state index contributed by atoms with van der Waals surface area (Å²) in [5.41, 5.74) is 3.63. The molecule has 10 nitrogen and oxygen atoms in total. The third kappa shape index (κ3) is 5.18. The van der Waals surface area contributed by atoms with E-state index in [4.69, 9.17) is 4.74 Å². The zero-order chi connectivity index (χ0) is 25.9. The number of benzene rings is 3. The number of hydrogen-bond acceptors (Lipinski definition) is 7. The van der Waals surface area contributed by atoms with Crippen LogP contribution in [0.1, 0.15) is 24.5 Å². The van der Waals surface area contributed by atoms with E-state index in [0.29, 0.717) is 24.4 Å². The van der Waals surface area contributed by atoms with Crippen LogP contribution in [-0.2, 0) is 22.6 Å². The number of tetrazole rings is 1. The van der Waals surface area contributed by atoms with Crippen LogP contribution in [-0.4, -0.2) is 58.7 Å². The maximum Gasteiger partial charge on any atom is 0.249 e. The molecule has 2 amide bonds. The number of nitrogens with zero attached hydrogens (tertiary/aromatic N) is 4. The van der Waals surface area contributed by atoms with Crippen molar-refractivity contribution >= 4 is 40.7 Å². The number of hydrogen-bond donors (Lipinski definition) is 3. The van der Waals surface area contributed by atoms with E-state index in [1.807, 2.05) is 54.6 Å². The summed E-state index contributed by atoms with van der Waals surface area (Å²) < 4.78 is 5.73. The van der Waals surface area contributed by atoms with Crippen molar-refractivity contribution in [1.29, 1.82) is 0 Å². The molecule has 0 saturated carbocycles. The molecule has 2 atom stereocenters. The molecule has 38 heavy (non-hydrogen) atoms. The van der Waals surface area contributed by atoms with Crippen molar-refractivity contribution in [3.63, 3.8) is 0 Å². The molecule has 3 N–H and O–H groups in total. The van der Waals surface area contributed by atoms with Crippen molar-refractivity contribution in [3.05, 3.63) is 65.7 Å². The summed E-state index contributed by atoms with van der Waals surface area (Å²) in [7, 11) is 3.35. The molecule has 0 spiro atoms. The summed E-state index contributed by atoms with van der Waals surface area (Å²) in [5, 5.41) is 21.9. The van der Waals surface area contributed by atoms with Crippen molar-refractivity contribution in [2.45, 2.75) is 38.4 Å². The Labute approximate surface area is 226 Å². The third-order valence-electron chi connectivity index (χ3n) is 6.93. The Balaban J connectivity index is 0.00000336. The standard InChI is InChI=1S/C27H29N7O3.ClH/c1-16(28-2)26(35)29-22-12-9-17-6-4-5-7-23(17)34(27(22)36)15-21-20-11-8-19(25-30-32-33-31-25)14-18(20)10-13-24(21)37-3;/h4-8,10-11,13-14,16,22,28H,9,12,15H2,1-3H3,(H,29,35)(H,30,31,32,33);1H/t16-,22-;/m0./s1. The number of likely N-dealkylation sites (N-methyl/N-ethyl adjacent to an activating group) is 1. The molecule has 1 aromatic heterocycles. The molecule has 1 aliphatic heterocycles. The molecule has 0 radical (unpaired) electrons. The minimum absolute atomic E-state index is 0. The predicted molar refractivity (Wildman–Crippen MR) is 147 cm³/mol. The van der Waals surface area contributed by atoms with Gasteiger partial charge < -0.3 is 20.3 Å². The number of H-pyrrole nitrogens is 1. The number of carbonyl (C=O) groups excluding carboxylic acids is 2. The van der Waals surface area contributed by atoms with Gasteiger partial charge in [0, 0.05) is 16.8 Å². The van der Waals surface area contributed by atoms with Crippen LogP contribution in [0.15, 0.2) is 54.6 Å². The smallest absolute Gasteiger partial charge is 0.249 e. The lowest BCUT2D eigenvalue weighted by atomic mass is 10.00. The van der Waals surface area contributed by atoms with E-state index in [9.17, 15) is 9.59 Å². The van der Waals surface area contributed by atoms with E-state index in [1.165, 1.54) is 0 Å². The van der Waals surface area contributed by atoms with Gasteiger partial charge in [0.05, 0.1) is 19.7 Å². The van der Waals surface area contributed by atoms with Crippen molar-refractivity contribution in [2.24, 2.45) is 0 Å². The Bertz CT molecular complexity index is 1440. The molecule has 3 aromatic carbocycles. The fraction of sp³-hybridized carbons (Fsp3) is 0.296. The maximum absolute atomic E-state index is 13.9. The van der Waals surface area contributed by atoms with Gasteiger partial charge in [0.1, 0.15) is 11.8 Å². The highest BCUT2D eigenvalue weighted by atomic mass is 35.5. The zero-order valence-electron chi connectivity index (χ0n) is 21.4. The first-order valence-corrected chi connectivity index (χ1v) is 12.2. The Kier molecular flexibility index (Phi) is 8.23. The average Bonchev–Trinajstić information content (AvgIpc) is 3.44. The highest BCUT2D eigenvalue weighted by Crippen LogP contribution is 2.35. The fourth-order valence-electron chi connectivity index (χ4n) is 4.76. The van der Waals surface area contributed by atoms with E-state index < -0.39 is 12.1 Å². The summed E-state index contributed by atoms with van der Waals surface area (Å²) in [5.74, 6) is 0.903. The van der Waals surface area contributed by atoms with Gasteiger partial charge in [0.25, 0.3) is 0 Å². The Hall–Kier alpha value is -4.02. The number of anilines is 1. The molecular formula is C27H30ClN7O3. The van der Waals surface area contributed by atoms with Gasteiger partial charge in [-0.3, -0.25) is 9.59 Å². The van der Waals surface area contributed by atoms with Gasteiger partial charge in [-0.25, -0.2) is 5.10 Å². The quantitative estimate of drug-likeness (QED) is 0.332. The van der Waals surface area contributed by atoms with Crippen molar-refractivity contribution in [3.8, 4) is 17.1 Å². The van der Waals surface area contributed by atoms with Gasteiger partial charge in [-0.1, -0.05) is 36.4 Å². The molecule has 0 unspecified atom stereocenters. The van der Waals surface area contributed by atoms with Crippen LogP contribution in [0.2, 0.25) is 0 Å². The second-order valence-electron chi connectivity index (χ2n) is 9.10. The van der Waals surface area contributed by atoms with Crippen LogP contribution in [0.3, 0.4) is 0 Å². The monoisotopic (exact) mass is 535 g/mol. The number of rotatable bonds is 7. The van der Waals surface area contributed by atoms with Gasteiger partial charge in [-0.05, 0) is 71.8 Å². The lowest BCUT2D eigenvalue weighted by molar-refractivity contribution is -0.128. The van der Waals surface area contributed by atoms with E-state index in [0.717, 1.165) is 33.2 Å². The van der Waals surface area contributed by atoms with Gasteiger partial charge in [-0.15, -0.1) is 17.5 Å². The number of amides is 2. The van der Waals surface area contributed by atoms with E-state index in [1.54, 1.807) is 26.0 Å². The summed E-state index contributed by atoms with van der Waals surface area (Å²) in [6.45, 7) is 2.06. The topological polar surface area (TPSA) is 125 Å².